The molecular weight excluding hydrogens is 384 g/mol. The second-order valence-electron chi connectivity index (χ2n) is 9.18. The number of amides is 1. The highest BCUT2D eigenvalue weighted by atomic mass is 32.1. The molecule has 0 atom stereocenters. The van der Waals surface area contributed by atoms with Crippen LogP contribution in [0.1, 0.15) is 60.8 Å². The van der Waals surface area contributed by atoms with Crippen LogP contribution in [0.2, 0.25) is 0 Å². The maximum absolute atomic E-state index is 12.8. The highest BCUT2D eigenvalue weighted by molar-refractivity contribution is 7.18. The van der Waals surface area contributed by atoms with Gasteiger partial charge >= 0.3 is 0 Å². The molecule has 0 bridgehead atoms. The summed E-state index contributed by atoms with van der Waals surface area (Å²) in [5.74, 6) is 7.74. The van der Waals surface area contributed by atoms with Gasteiger partial charge in [-0.25, -0.2) is 0 Å². The fourth-order valence-corrected chi connectivity index (χ4v) is 5.80. The molecular formula is C23H30N2O3S. The minimum Gasteiger partial charge on any atom is -0.378 e. The minimum absolute atomic E-state index is 0.0172. The molecule has 0 aromatic carbocycles. The summed E-state index contributed by atoms with van der Waals surface area (Å²) in [6, 6.07) is 0. The van der Waals surface area contributed by atoms with Crippen molar-refractivity contribution in [1.29, 1.82) is 0 Å². The molecule has 6 heteroatoms. The van der Waals surface area contributed by atoms with Gasteiger partial charge in [0, 0.05) is 45.4 Å². The fraction of sp³-hybridized carbons (Fsp3) is 0.652. The van der Waals surface area contributed by atoms with Gasteiger partial charge in [0.15, 0.2) is 5.78 Å². The van der Waals surface area contributed by atoms with Crippen molar-refractivity contribution in [2.75, 3.05) is 44.3 Å². The summed E-state index contributed by atoms with van der Waals surface area (Å²) in [5, 5.41) is 1.15. The van der Waals surface area contributed by atoms with Crippen LogP contribution in [0, 0.1) is 23.2 Å². The average Bonchev–Trinajstić information content (AvgIpc) is 3.05. The molecule has 2 aliphatic heterocycles. The lowest BCUT2D eigenvalue weighted by atomic mass is 9.75. The van der Waals surface area contributed by atoms with Crippen LogP contribution in [0.25, 0.3) is 0 Å². The molecule has 5 nitrogen and oxygen atoms in total. The van der Waals surface area contributed by atoms with Crippen LogP contribution in [0.5, 0.6) is 0 Å². The van der Waals surface area contributed by atoms with Crippen molar-refractivity contribution in [3.05, 3.63) is 16.0 Å². The number of likely N-dealkylation sites (tertiary alicyclic amines) is 1. The van der Waals surface area contributed by atoms with Gasteiger partial charge in [-0.15, -0.1) is 11.3 Å². The summed E-state index contributed by atoms with van der Waals surface area (Å²) in [7, 11) is 0. The first kappa shape index (κ1) is 20.4. The van der Waals surface area contributed by atoms with Crippen molar-refractivity contribution in [3.63, 3.8) is 0 Å². The molecule has 4 rings (SSSR count). The SMILES string of the molecule is CC(=O)N1CCC(C#Cc2c(N3CCOCC3)sc3c2CC(C)(C)CC3=O)CC1. The van der Waals surface area contributed by atoms with E-state index in [1.54, 1.807) is 18.3 Å². The molecule has 0 spiro atoms. The van der Waals surface area contributed by atoms with Crippen molar-refractivity contribution in [3.8, 4) is 11.8 Å². The van der Waals surface area contributed by atoms with Crippen LogP contribution in [0.3, 0.4) is 0 Å². The zero-order valence-electron chi connectivity index (χ0n) is 17.7. The molecule has 0 saturated carbocycles. The van der Waals surface area contributed by atoms with Crippen LogP contribution in [0.4, 0.5) is 5.00 Å². The topological polar surface area (TPSA) is 49.9 Å². The first-order chi connectivity index (χ1) is 13.8. The molecule has 156 valence electrons. The van der Waals surface area contributed by atoms with Gasteiger partial charge in [0.1, 0.15) is 5.00 Å². The zero-order chi connectivity index (χ0) is 20.6. The standard InChI is InChI=1S/C23H30N2O3S/c1-16(26)24-8-6-17(7-9-24)4-5-18-19-14-23(2,3)15-20(27)21(19)29-22(18)25-10-12-28-13-11-25/h17H,6-15H2,1-3H3. The fourth-order valence-electron chi connectivity index (χ4n) is 4.53. The molecule has 1 aromatic rings. The number of piperidine rings is 1. The van der Waals surface area contributed by atoms with E-state index in [0.29, 0.717) is 12.3 Å². The average molecular weight is 415 g/mol. The van der Waals surface area contributed by atoms with E-state index < -0.39 is 0 Å². The number of thiophene rings is 1. The van der Waals surface area contributed by atoms with Crippen LogP contribution in [-0.4, -0.2) is 56.0 Å². The lowest BCUT2D eigenvalue weighted by Crippen LogP contribution is -2.36. The van der Waals surface area contributed by atoms with Crippen molar-refractivity contribution in [2.24, 2.45) is 11.3 Å². The second-order valence-corrected chi connectivity index (χ2v) is 10.2. The van der Waals surface area contributed by atoms with Gasteiger partial charge in [-0.1, -0.05) is 25.7 Å². The smallest absolute Gasteiger partial charge is 0.219 e. The molecule has 1 aromatic heterocycles. The van der Waals surface area contributed by atoms with E-state index in [-0.39, 0.29) is 17.1 Å². The molecule has 3 aliphatic rings. The molecule has 2 saturated heterocycles. The summed E-state index contributed by atoms with van der Waals surface area (Å²) in [4.78, 5) is 29.6. The van der Waals surface area contributed by atoms with Crippen molar-refractivity contribution in [2.45, 2.75) is 46.5 Å². The lowest BCUT2D eigenvalue weighted by molar-refractivity contribution is -0.129. The molecule has 29 heavy (non-hydrogen) atoms. The predicted molar refractivity (Wildman–Crippen MR) is 116 cm³/mol. The third kappa shape index (κ3) is 4.36. The van der Waals surface area contributed by atoms with Crippen LogP contribution >= 0.6 is 11.3 Å². The van der Waals surface area contributed by atoms with E-state index >= 15 is 0 Å². The molecule has 1 amide bonds. The Hall–Kier alpha value is -1.84. The van der Waals surface area contributed by atoms with Crippen molar-refractivity contribution in [1.82, 2.24) is 4.90 Å². The second kappa shape index (κ2) is 8.12. The van der Waals surface area contributed by atoms with E-state index in [1.165, 1.54) is 0 Å². The number of carbonyl (C=O) groups is 2. The first-order valence-electron chi connectivity index (χ1n) is 10.6. The maximum Gasteiger partial charge on any atom is 0.219 e. The first-order valence-corrected chi connectivity index (χ1v) is 11.4. The quantitative estimate of drug-likeness (QED) is 0.662. The summed E-state index contributed by atoms with van der Waals surface area (Å²) in [6.45, 7) is 10.7. The Morgan fingerprint density at radius 1 is 1.14 bits per heavy atom. The van der Waals surface area contributed by atoms with Crippen LogP contribution in [0.15, 0.2) is 0 Å². The van der Waals surface area contributed by atoms with Gasteiger partial charge in [0.05, 0.1) is 23.7 Å². The maximum atomic E-state index is 12.8. The van der Waals surface area contributed by atoms with Crippen molar-refractivity contribution >= 4 is 28.0 Å². The summed E-state index contributed by atoms with van der Waals surface area (Å²) in [5.41, 5.74) is 2.21. The Labute approximate surface area is 177 Å². The number of anilines is 1. The number of hydrogen-bond acceptors (Lipinski definition) is 5. The van der Waals surface area contributed by atoms with E-state index in [1.807, 2.05) is 4.90 Å². The number of ketones is 1. The highest BCUT2D eigenvalue weighted by Crippen LogP contribution is 2.45. The van der Waals surface area contributed by atoms with Gasteiger partial charge < -0.3 is 14.5 Å². The van der Waals surface area contributed by atoms with E-state index in [9.17, 15) is 9.59 Å². The number of ether oxygens (including phenoxy) is 1. The normalized spacial score (nSPS) is 22.1. The van der Waals surface area contributed by atoms with Gasteiger partial charge in [-0.05, 0) is 30.2 Å². The summed E-state index contributed by atoms with van der Waals surface area (Å²) < 4.78 is 5.53. The summed E-state index contributed by atoms with van der Waals surface area (Å²) in [6.07, 6.45) is 3.37. The minimum atomic E-state index is -0.0172. The molecule has 0 unspecified atom stereocenters. The number of carbonyl (C=O) groups excluding carboxylic acids is 2. The third-order valence-electron chi connectivity index (χ3n) is 6.18. The van der Waals surface area contributed by atoms with E-state index in [4.69, 9.17) is 4.74 Å². The summed E-state index contributed by atoms with van der Waals surface area (Å²) >= 11 is 1.63. The Morgan fingerprint density at radius 2 is 1.83 bits per heavy atom. The van der Waals surface area contributed by atoms with Gasteiger partial charge in [-0.2, -0.15) is 0 Å². The molecule has 1 aliphatic carbocycles. The van der Waals surface area contributed by atoms with Gasteiger partial charge in [0.2, 0.25) is 5.91 Å². The number of nitrogens with zero attached hydrogens (tertiary/aromatic N) is 2. The number of Topliss-reactive ketones (excluding diaryl/α,β-unsaturated/α-hetero) is 1. The zero-order valence-corrected chi connectivity index (χ0v) is 18.5. The lowest BCUT2D eigenvalue weighted by Gasteiger charge is -2.29. The van der Waals surface area contributed by atoms with Gasteiger partial charge in [0.25, 0.3) is 0 Å². The van der Waals surface area contributed by atoms with Crippen LogP contribution in [-0.2, 0) is 16.0 Å². The molecule has 0 N–H and O–H groups in total. The number of morpholine rings is 1. The van der Waals surface area contributed by atoms with E-state index in [2.05, 4.69) is 30.6 Å². The van der Waals surface area contributed by atoms with Gasteiger partial charge in [-0.3, -0.25) is 9.59 Å². The van der Waals surface area contributed by atoms with Crippen molar-refractivity contribution < 1.29 is 14.3 Å². The monoisotopic (exact) mass is 414 g/mol. The number of rotatable bonds is 1. The number of hydrogen-bond donors (Lipinski definition) is 0. The van der Waals surface area contributed by atoms with E-state index in [0.717, 1.165) is 79.7 Å². The molecule has 0 radical (unpaired) electrons. The molecule has 3 heterocycles. The predicted octanol–water partition coefficient (Wildman–Crippen LogP) is 3.35. The third-order valence-corrected chi connectivity index (χ3v) is 7.51. The Bertz CT molecular complexity index is 863. The highest BCUT2D eigenvalue weighted by Gasteiger charge is 2.36. The number of fused-ring (bicyclic) bond motifs is 1. The van der Waals surface area contributed by atoms with Crippen LogP contribution < -0.4 is 4.90 Å². The molecule has 2 fully saturated rings. The largest absolute Gasteiger partial charge is 0.378 e. The Morgan fingerprint density at radius 3 is 2.48 bits per heavy atom. The Kier molecular flexibility index (Phi) is 5.72. The Balaban J connectivity index is 1.65.